The first-order valence-electron chi connectivity index (χ1n) is 6.62. The molecule has 0 heterocycles. The SMILES string of the molecule is COc1ccc(OC(=O)CCC2CCCC2)cc1. The van der Waals surface area contributed by atoms with E-state index < -0.39 is 0 Å². The zero-order chi connectivity index (χ0) is 12.8. The van der Waals surface area contributed by atoms with Gasteiger partial charge in [0.1, 0.15) is 11.5 Å². The first kappa shape index (κ1) is 12.9. The molecule has 0 spiro atoms. The van der Waals surface area contributed by atoms with Gasteiger partial charge in [0, 0.05) is 6.42 Å². The summed E-state index contributed by atoms with van der Waals surface area (Å²) in [5, 5.41) is 0. The van der Waals surface area contributed by atoms with Crippen LogP contribution in [0.4, 0.5) is 0 Å². The van der Waals surface area contributed by atoms with Gasteiger partial charge in [-0.05, 0) is 36.6 Å². The van der Waals surface area contributed by atoms with Gasteiger partial charge in [0.2, 0.25) is 0 Å². The van der Waals surface area contributed by atoms with E-state index in [1.165, 1.54) is 25.7 Å². The smallest absolute Gasteiger partial charge is 0.311 e. The van der Waals surface area contributed by atoms with E-state index >= 15 is 0 Å². The molecule has 98 valence electrons. The van der Waals surface area contributed by atoms with Gasteiger partial charge in [-0.15, -0.1) is 0 Å². The van der Waals surface area contributed by atoms with Crippen molar-refractivity contribution in [1.82, 2.24) is 0 Å². The fourth-order valence-electron chi connectivity index (χ4n) is 2.45. The predicted octanol–water partition coefficient (Wildman–Crippen LogP) is 3.57. The van der Waals surface area contributed by atoms with Crippen LogP contribution in [0.5, 0.6) is 11.5 Å². The van der Waals surface area contributed by atoms with Crippen LogP contribution >= 0.6 is 0 Å². The van der Waals surface area contributed by atoms with E-state index in [2.05, 4.69) is 0 Å². The molecule has 18 heavy (non-hydrogen) atoms. The Morgan fingerprint density at radius 2 is 1.78 bits per heavy atom. The van der Waals surface area contributed by atoms with Gasteiger partial charge in [-0.25, -0.2) is 0 Å². The van der Waals surface area contributed by atoms with Crippen LogP contribution in [-0.2, 0) is 4.79 Å². The number of carbonyl (C=O) groups is 1. The molecule has 0 aromatic heterocycles. The first-order valence-corrected chi connectivity index (χ1v) is 6.62. The minimum absolute atomic E-state index is 0.132. The van der Waals surface area contributed by atoms with E-state index in [0.717, 1.165) is 18.1 Å². The minimum Gasteiger partial charge on any atom is -0.497 e. The van der Waals surface area contributed by atoms with E-state index in [9.17, 15) is 4.79 Å². The van der Waals surface area contributed by atoms with Crippen molar-refractivity contribution >= 4 is 5.97 Å². The van der Waals surface area contributed by atoms with Crippen LogP contribution in [0.15, 0.2) is 24.3 Å². The highest BCUT2D eigenvalue weighted by molar-refractivity contribution is 5.72. The van der Waals surface area contributed by atoms with Crippen LogP contribution in [0.3, 0.4) is 0 Å². The molecule has 0 atom stereocenters. The molecule has 3 heteroatoms. The number of hydrogen-bond donors (Lipinski definition) is 0. The van der Waals surface area contributed by atoms with Gasteiger partial charge in [0.15, 0.2) is 0 Å². The Kier molecular flexibility index (Phi) is 4.62. The summed E-state index contributed by atoms with van der Waals surface area (Å²) in [5.41, 5.74) is 0. The van der Waals surface area contributed by atoms with Gasteiger partial charge < -0.3 is 9.47 Å². The van der Waals surface area contributed by atoms with Crippen molar-refractivity contribution in [1.29, 1.82) is 0 Å². The van der Waals surface area contributed by atoms with Crippen LogP contribution in [0.2, 0.25) is 0 Å². The summed E-state index contributed by atoms with van der Waals surface area (Å²) in [6.07, 6.45) is 6.67. The highest BCUT2D eigenvalue weighted by Gasteiger charge is 2.16. The maximum absolute atomic E-state index is 11.7. The molecule has 3 nitrogen and oxygen atoms in total. The van der Waals surface area contributed by atoms with Crippen LogP contribution in [0.1, 0.15) is 38.5 Å². The molecule has 0 bridgehead atoms. The van der Waals surface area contributed by atoms with E-state index in [-0.39, 0.29) is 5.97 Å². The van der Waals surface area contributed by atoms with Gasteiger partial charge >= 0.3 is 5.97 Å². The third kappa shape index (κ3) is 3.76. The lowest BCUT2D eigenvalue weighted by atomic mass is 10.0. The normalized spacial score (nSPS) is 15.6. The number of carbonyl (C=O) groups excluding carboxylic acids is 1. The lowest BCUT2D eigenvalue weighted by molar-refractivity contribution is -0.134. The second kappa shape index (κ2) is 6.43. The summed E-state index contributed by atoms with van der Waals surface area (Å²) in [7, 11) is 1.61. The molecular formula is C15H20O3. The monoisotopic (exact) mass is 248 g/mol. The van der Waals surface area contributed by atoms with Crippen molar-refractivity contribution in [2.75, 3.05) is 7.11 Å². The molecule has 1 aromatic carbocycles. The third-order valence-corrected chi connectivity index (χ3v) is 3.52. The Bertz CT molecular complexity index is 377. The Balaban J connectivity index is 1.75. The van der Waals surface area contributed by atoms with Gasteiger partial charge in [-0.3, -0.25) is 4.79 Å². The van der Waals surface area contributed by atoms with E-state index in [1.54, 1.807) is 31.4 Å². The van der Waals surface area contributed by atoms with E-state index in [4.69, 9.17) is 9.47 Å². The molecule has 1 saturated carbocycles. The lowest BCUT2D eigenvalue weighted by Gasteiger charge is -2.08. The standard InChI is InChI=1S/C15H20O3/c1-17-13-7-9-14(10-8-13)18-15(16)11-6-12-4-2-3-5-12/h7-10,12H,2-6,11H2,1H3. The fourth-order valence-corrected chi connectivity index (χ4v) is 2.45. The second-order valence-electron chi connectivity index (χ2n) is 4.84. The average Bonchev–Trinajstić information content (AvgIpc) is 2.90. The van der Waals surface area contributed by atoms with Gasteiger partial charge in [0.05, 0.1) is 7.11 Å². The average molecular weight is 248 g/mol. The first-order chi connectivity index (χ1) is 8.78. The maximum atomic E-state index is 11.7. The molecule has 2 rings (SSSR count). The van der Waals surface area contributed by atoms with Crippen molar-refractivity contribution in [3.8, 4) is 11.5 Å². The zero-order valence-electron chi connectivity index (χ0n) is 10.9. The number of hydrogen-bond acceptors (Lipinski definition) is 3. The summed E-state index contributed by atoms with van der Waals surface area (Å²) in [5.74, 6) is 1.95. The number of benzene rings is 1. The highest BCUT2D eigenvalue weighted by atomic mass is 16.5. The van der Waals surface area contributed by atoms with Gasteiger partial charge in [0.25, 0.3) is 0 Å². The second-order valence-corrected chi connectivity index (χ2v) is 4.84. The molecule has 0 unspecified atom stereocenters. The molecule has 1 aliphatic carbocycles. The number of esters is 1. The summed E-state index contributed by atoms with van der Waals surface area (Å²) in [6, 6.07) is 7.10. The molecule has 0 amide bonds. The topological polar surface area (TPSA) is 35.5 Å². The zero-order valence-corrected chi connectivity index (χ0v) is 10.9. The molecule has 0 aliphatic heterocycles. The summed E-state index contributed by atoms with van der Waals surface area (Å²) in [6.45, 7) is 0. The molecule has 1 aliphatic rings. The Labute approximate surface area is 108 Å². The molecular weight excluding hydrogens is 228 g/mol. The van der Waals surface area contributed by atoms with Crippen molar-refractivity contribution in [3.63, 3.8) is 0 Å². The summed E-state index contributed by atoms with van der Waals surface area (Å²) < 4.78 is 10.3. The Morgan fingerprint density at radius 1 is 1.17 bits per heavy atom. The van der Waals surface area contributed by atoms with Crippen molar-refractivity contribution < 1.29 is 14.3 Å². The van der Waals surface area contributed by atoms with Crippen LogP contribution in [0, 0.1) is 5.92 Å². The highest BCUT2D eigenvalue weighted by Crippen LogP contribution is 2.28. The molecule has 0 saturated heterocycles. The maximum Gasteiger partial charge on any atom is 0.311 e. The van der Waals surface area contributed by atoms with Crippen LogP contribution in [-0.4, -0.2) is 13.1 Å². The number of rotatable bonds is 5. The predicted molar refractivity (Wildman–Crippen MR) is 69.8 cm³/mol. The molecule has 0 N–H and O–H groups in total. The number of ether oxygens (including phenoxy) is 2. The molecule has 0 radical (unpaired) electrons. The Morgan fingerprint density at radius 3 is 2.39 bits per heavy atom. The van der Waals surface area contributed by atoms with Crippen LogP contribution < -0.4 is 9.47 Å². The number of methoxy groups -OCH3 is 1. The Hall–Kier alpha value is -1.51. The minimum atomic E-state index is -0.132. The van der Waals surface area contributed by atoms with E-state index in [0.29, 0.717) is 12.2 Å². The summed E-state index contributed by atoms with van der Waals surface area (Å²) in [4.78, 5) is 11.7. The quantitative estimate of drug-likeness (QED) is 0.590. The lowest BCUT2D eigenvalue weighted by Crippen LogP contribution is -2.09. The third-order valence-electron chi connectivity index (χ3n) is 3.52. The van der Waals surface area contributed by atoms with E-state index in [1.807, 2.05) is 0 Å². The fraction of sp³-hybridized carbons (Fsp3) is 0.533. The van der Waals surface area contributed by atoms with Gasteiger partial charge in [-0.2, -0.15) is 0 Å². The van der Waals surface area contributed by atoms with Crippen LogP contribution in [0.25, 0.3) is 0 Å². The van der Waals surface area contributed by atoms with Crippen molar-refractivity contribution in [3.05, 3.63) is 24.3 Å². The van der Waals surface area contributed by atoms with Crippen molar-refractivity contribution in [2.24, 2.45) is 5.92 Å². The van der Waals surface area contributed by atoms with Crippen molar-refractivity contribution in [2.45, 2.75) is 38.5 Å². The molecule has 1 aromatic rings. The van der Waals surface area contributed by atoms with Gasteiger partial charge in [-0.1, -0.05) is 25.7 Å². The summed E-state index contributed by atoms with van der Waals surface area (Å²) >= 11 is 0. The largest absolute Gasteiger partial charge is 0.497 e. The molecule has 1 fully saturated rings.